The summed E-state index contributed by atoms with van der Waals surface area (Å²) in [4.78, 5) is 38.9. The number of carbonyl (C=O) groups excluding carboxylic acids is 2. The zero-order valence-corrected chi connectivity index (χ0v) is 17.8. The molecule has 166 valence electrons. The van der Waals surface area contributed by atoms with Crippen molar-refractivity contribution in [3.8, 4) is 0 Å². The Morgan fingerprint density at radius 1 is 1.07 bits per heavy atom. The van der Waals surface area contributed by atoms with Crippen LogP contribution in [0.4, 0.5) is 0 Å². The van der Waals surface area contributed by atoms with E-state index in [2.05, 4.69) is 10.6 Å². The number of carboxylic acid groups (broad SMARTS) is 1. The summed E-state index contributed by atoms with van der Waals surface area (Å²) >= 11 is 0. The van der Waals surface area contributed by atoms with Gasteiger partial charge in [0.2, 0.25) is 11.8 Å². The summed E-state index contributed by atoms with van der Waals surface area (Å²) in [7, 11) is 0. The minimum absolute atomic E-state index is 0.116. The Morgan fingerprint density at radius 3 is 2.33 bits per heavy atom. The van der Waals surface area contributed by atoms with Crippen LogP contribution in [0.25, 0.3) is 0 Å². The molecule has 30 heavy (non-hydrogen) atoms. The molecule has 1 aliphatic rings. The third kappa shape index (κ3) is 8.51. The predicted octanol–water partition coefficient (Wildman–Crippen LogP) is 1.05. The van der Waals surface area contributed by atoms with Gasteiger partial charge in [0.05, 0.1) is 19.8 Å². The Bertz CT molecular complexity index is 689. The largest absolute Gasteiger partial charge is 0.480 e. The summed E-state index contributed by atoms with van der Waals surface area (Å²) < 4.78 is 5.29. The normalized spacial score (nSPS) is 16.6. The van der Waals surface area contributed by atoms with Gasteiger partial charge in [0, 0.05) is 13.1 Å². The number of rotatable bonds is 11. The molecule has 0 bridgehead atoms. The molecule has 0 unspecified atom stereocenters. The molecule has 2 amide bonds. The van der Waals surface area contributed by atoms with E-state index in [1.165, 1.54) is 0 Å². The van der Waals surface area contributed by atoms with Gasteiger partial charge in [-0.2, -0.15) is 0 Å². The van der Waals surface area contributed by atoms with Crippen LogP contribution in [0.1, 0.15) is 32.3 Å². The van der Waals surface area contributed by atoms with E-state index in [0.29, 0.717) is 45.6 Å². The molecule has 0 spiro atoms. The van der Waals surface area contributed by atoms with Crippen molar-refractivity contribution in [3.05, 3.63) is 35.9 Å². The van der Waals surface area contributed by atoms with Gasteiger partial charge in [-0.05, 0) is 30.7 Å². The van der Waals surface area contributed by atoms with E-state index in [4.69, 9.17) is 4.74 Å². The fraction of sp³-hybridized carbons (Fsp3) is 0.591. The Hall–Kier alpha value is -2.45. The van der Waals surface area contributed by atoms with E-state index >= 15 is 0 Å². The summed E-state index contributed by atoms with van der Waals surface area (Å²) in [6, 6.07) is 7.91. The van der Waals surface area contributed by atoms with Gasteiger partial charge in [-0.3, -0.25) is 14.5 Å². The molecular formula is C22H33N3O5. The maximum Gasteiger partial charge on any atom is 0.326 e. The summed E-state index contributed by atoms with van der Waals surface area (Å²) in [5.41, 5.74) is 1.05. The summed E-state index contributed by atoms with van der Waals surface area (Å²) in [5, 5.41) is 14.9. The first-order chi connectivity index (χ1) is 14.3. The Morgan fingerprint density at radius 2 is 1.73 bits per heavy atom. The van der Waals surface area contributed by atoms with Crippen LogP contribution in [-0.2, 0) is 25.5 Å². The van der Waals surface area contributed by atoms with Crippen molar-refractivity contribution in [2.45, 2.75) is 45.2 Å². The fourth-order valence-electron chi connectivity index (χ4n) is 3.39. The second kappa shape index (κ2) is 12.3. The molecule has 2 atom stereocenters. The van der Waals surface area contributed by atoms with Crippen molar-refractivity contribution >= 4 is 17.8 Å². The van der Waals surface area contributed by atoms with Crippen LogP contribution in [0.3, 0.4) is 0 Å². The van der Waals surface area contributed by atoms with Gasteiger partial charge in [-0.25, -0.2) is 4.79 Å². The van der Waals surface area contributed by atoms with Crippen molar-refractivity contribution in [1.82, 2.24) is 15.5 Å². The topological polar surface area (TPSA) is 108 Å². The number of carboxylic acids is 1. The standard InChI is InChI=1S/C22H33N3O5/c1-16(2)14-19(22(28)29)24-21(27)18(9-8-17-6-4-3-5-7-17)23-20(26)15-25-10-12-30-13-11-25/h3-7,16,18-19H,8-15H2,1-2H3,(H,23,26)(H,24,27)(H,28,29)/t18-,19+/m0/s1. The quantitative estimate of drug-likeness (QED) is 0.495. The van der Waals surface area contributed by atoms with Crippen LogP contribution in [0.2, 0.25) is 0 Å². The van der Waals surface area contributed by atoms with Crippen LogP contribution in [-0.4, -0.2) is 72.7 Å². The van der Waals surface area contributed by atoms with E-state index < -0.39 is 24.0 Å². The second-order valence-electron chi connectivity index (χ2n) is 8.06. The Labute approximate surface area is 178 Å². The molecule has 3 N–H and O–H groups in total. The van der Waals surface area contributed by atoms with Crippen molar-refractivity contribution in [2.75, 3.05) is 32.8 Å². The lowest BCUT2D eigenvalue weighted by molar-refractivity contribution is -0.142. The van der Waals surface area contributed by atoms with Crippen molar-refractivity contribution in [1.29, 1.82) is 0 Å². The molecule has 1 aliphatic heterocycles. The van der Waals surface area contributed by atoms with Gasteiger partial charge in [-0.15, -0.1) is 0 Å². The number of aliphatic carboxylic acids is 1. The first kappa shape index (κ1) is 23.8. The molecule has 1 heterocycles. The Balaban J connectivity index is 2.01. The summed E-state index contributed by atoms with van der Waals surface area (Å²) in [6.45, 7) is 6.50. The van der Waals surface area contributed by atoms with E-state index in [-0.39, 0.29) is 18.4 Å². The van der Waals surface area contributed by atoms with Crippen LogP contribution in [0.15, 0.2) is 30.3 Å². The predicted molar refractivity (Wildman–Crippen MR) is 113 cm³/mol. The molecule has 2 rings (SSSR count). The first-order valence-electron chi connectivity index (χ1n) is 10.5. The van der Waals surface area contributed by atoms with Crippen LogP contribution >= 0.6 is 0 Å². The third-order valence-electron chi connectivity index (χ3n) is 5.01. The van der Waals surface area contributed by atoms with Crippen molar-refractivity contribution < 1.29 is 24.2 Å². The SMILES string of the molecule is CC(C)C[C@@H](NC(=O)[C@H](CCc1ccccc1)NC(=O)CN1CCOCC1)C(=O)O. The van der Waals surface area contributed by atoms with Gasteiger partial charge in [0.1, 0.15) is 12.1 Å². The monoisotopic (exact) mass is 419 g/mol. The molecular weight excluding hydrogens is 386 g/mol. The summed E-state index contributed by atoms with van der Waals surface area (Å²) in [5.74, 6) is -1.67. The lowest BCUT2D eigenvalue weighted by Crippen LogP contribution is -2.54. The highest BCUT2D eigenvalue weighted by atomic mass is 16.5. The van der Waals surface area contributed by atoms with Gasteiger partial charge in [0.15, 0.2) is 0 Å². The van der Waals surface area contributed by atoms with Crippen molar-refractivity contribution in [3.63, 3.8) is 0 Å². The molecule has 1 fully saturated rings. The van der Waals surface area contributed by atoms with Crippen LogP contribution in [0, 0.1) is 5.92 Å². The van der Waals surface area contributed by atoms with E-state index in [1.807, 2.05) is 49.1 Å². The van der Waals surface area contributed by atoms with Crippen molar-refractivity contribution in [2.24, 2.45) is 5.92 Å². The molecule has 0 aliphatic carbocycles. The van der Waals surface area contributed by atoms with Gasteiger partial charge in [0.25, 0.3) is 0 Å². The second-order valence-corrected chi connectivity index (χ2v) is 8.06. The van der Waals surface area contributed by atoms with Gasteiger partial charge < -0.3 is 20.5 Å². The lowest BCUT2D eigenvalue weighted by Gasteiger charge is -2.27. The molecule has 0 saturated carbocycles. The number of nitrogens with one attached hydrogen (secondary N) is 2. The number of amides is 2. The maximum absolute atomic E-state index is 12.9. The van der Waals surface area contributed by atoms with Gasteiger partial charge >= 0.3 is 5.97 Å². The number of nitrogens with zero attached hydrogens (tertiary/aromatic N) is 1. The smallest absolute Gasteiger partial charge is 0.326 e. The Kier molecular flexibility index (Phi) is 9.76. The minimum Gasteiger partial charge on any atom is -0.480 e. The highest BCUT2D eigenvalue weighted by Crippen LogP contribution is 2.09. The van der Waals surface area contributed by atoms with E-state index in [1.54, 1.807) is 0 Å². The molecule has 1 saturated heterocycles. The fourth-order valence-corrected chi connectivity index (χ4v) is 3.39. The maximum atomic E-state index is 12.9. The number of hydrogen-bond acceptors (Lipinski definition) is 5. The molecule has 0 aromatic heterocycles. The molecule has 8 heteroatoms. The minimum atomic E-state index is -1.07. The zero-order valence-electron chi connectivity index (χ0n) is 17.8. The number of hydrogen-bond donors (Lipinski definition) is 3. The van der Waals surface area contributed by atoms with Crippen LogP contribution in [0.5, 0.6) is 0 Å². The highest BCUT2D eigenvalue weighted by molar-refractivity contribution is 5.90. The molecule has 1 aromatic rings. The molecule has 0 radical (unpaired) electrons. The number of morpholine rings is 1. The zero-order chi connectivity index (χ0) is 21.9. The number of carbonyl (C=O) groups is 3. The van der Waals surface area contributed by atoms with E-state index in [9.17, 15) is 19.5 Å². The van der Waals surface area contributed by atoms with Crippen LogP contribution < -0.4 is 10.6 Å². The average Bonchev–Trinajstić information content (AvgIpc) is 2.71. The third-order valence-corrected chi connectivity index (χ3v) is 5.01. The lowest BCUT2D eigenvalue weighted by atomic mass is 10.0. The number of benzene rings is 1. The van der Waals surface area contributed by atoms with E-state index in [0.717, 1.165) is 5.56 Å². The first-order valence-corrected chi connectivity index (χ1v) is 10.5. The number of ether oxygens (including phenoxy) is 1. The summed E-state index contributed by atoms with van der Waals surface area (Å²) in [6.07, 6.45) is 1.31. The average molecular weight is 420 g/mol. The highest BCUT2D eigenvalue weighted by Gasteiger charge is 2.27. The molecule has 8 nitrogen and oxygen atoms in total. The van der Waals surface area contributed by atoms with Gasteiger partial charge in [-0.1, -0.05) is 44.2 Å². The molecule has 1 aromatic carbocycles. The number of aryl methyl sites for hydroxylation is 1.